The summed E-state index contributed by atoms with van der Waals surface area (Å²) in [6, 6.07) is 0. The standard InChI is InChI=1S/C10H18N2O5S/c11-10(15)8-3-1-5-12(7-8)18(16,17)6-2-4-9(13)14/h8H,1-7H2,(H2,11,15)(H,13,14). The molecule has 1 unspecified atom stereocenters. The van der Waals surface area contributed by atoms with E-state index in [4.69, 9.17) is 10.8 Å². The van der Waals surface area contributed by atoms with Gasteiger partial charge in [0.15, 0.2) is 0 Å². The zero-order chi connectivity index (χ0) is 13.8. The summed E-state index contributed by atoms with van der Waals surface area (Å²) >= 11 is 0. The van der Waals surface area contributed by atoms with Crippen molar-refractivity contribution in [3.8, 4) is 0 Å². The number of carbonyl (C=O) groups excluding carboxylic acids is 1. The largest absolute Gasteiger partial charge is 0.481 e. The van der Waals surface area contributed by atoms with E-state index < -0.39 is 27.8 Å². The quantitative estimate of drug-likeness (QED) is 0.671. The van der Waals surface area contributed by atoms with Crippen molar-refractivity contribution in [3.63, 3.8) is 0 Å². The maximum Gasteiger partial charge on any atom is 0.303 e. The third-order valence-electron chi connectivity index (χ3n) is 2.97. The number of piperidine rings is 1. The molecule has 1 amide bonds. The Bertz CT molecular complexity index is 420. The fourth-order valence-corrected chi connectivity index (χ4v) is 3.54. The maximum atomic E-state index is 11.9. The molecule has 1 aliphatic rings. The van der Waals surface area contributed by atoms with Crippen LogP contribution in [0, 0.1) is 5.92 Å². The predicted molar refractivity (Wildman–Crippen MR) is 64.1 cm³/mol. The number of rotatable bonds is 6. The van der Waals surface area contributed by atoms with Crippen molar-refractivity contribution in [2.45, 2.75) is 25.7 Å². The first-order chi connectivity index (χ1) is 8.33. The summed E-state index contributed by atoms with van der Waals surface area (Å²) in [7, 11) is -3.48. The summed E-state index contributed by atoms with van der Waals surface area (Å²) in [5.41, 5.74) is 5.17. The zero-order valence-corrected chi connectivity index (χ0v) is 10.9. The Balaban J connectivity index is 2.56. The summed E-state index contributed by atoms with van der Waals surface area (Å²) in [5, 5.41) is 8.47. The number of hydrogen-bond acceptors (Lipinski definition) is 4. The van der Waals surface area contributed by atoms with E-state index in [1.807, 2.05) is 0 Å². The van der Waals surface area contributed by atoms with Gasteiger partial charge in [0, 0.05) is 19.5 Å². The van der Waals surface area contributed by atoms with E-state index in [-0.39, 0.29) is 25.1 Å². The van der Waals surface area contributed by atoms with Gasteiger partial charge in [-0.2, -0.15) is 0 Å². The average molecular weight is 278 g/mol. The minimum absolute atomic E-state index is 0.0788. The van der Waals surface area contributed by atoms with Gasteiger partial charge in [-0.1, -0.05) is 0 Å². The van der Waals surface area contributed by atoms with E-state index in [1.165, 1.54) is 4.31 Å². The van der Waals surface area contributed by atoms with Crippen molar-refractivity contribution < 1.29 is 23.1 Å². The van der Waals surface area contributed by atoms with Gasteiger partial charge in [-0.3, -0.25) is 9.59 Å². The molecule has 0 aromatic heterocycles. The van der Waals surface area contributed by atoms with Gasteiger partial charge in [0.1, 0.15) is 0 Å². The van der Waals surface area contributed by atoms with Crippen LogP contribution in [-0.2, 0) is 19.6 Å². The van der Waals surface area contributed by atoms with Gasteiger partial charge in [0.25, 0.3) is 0 Å². The number of amides is 1. The van der Waals surface area contributed by atoms with Crippen LogP contribution in [0.5, 0.6) is 0 Å². The van der Waals surface area contributed by atoms with Crippen LogP contribution in [0.25, 0.3) is 0 Å². The molecule has 1 saturated heterocycles. The number of carbonyl (C=O) groups is 2. The Morgan fingerprint density at radius 2 is 2.06 bits per heavy atom. The van der Waals surface area contributed by atoms with E-state index in [0.717, 1.165) is 0 Å². The van der Waals surface area contributed by atoms with Gasteiger partial charge in [-0.15, -0.1) is 0 Å². The Kier molecular flexibility index (Phi) is 5.09. The third-order valence-corrected chi connectivity index (χ3v) is 4.90. The number of carboxylic acid groups (broad SMARTS) is 1. The van der Waals surface area contributed by atoms with E-state index in [9.17, 15) is 18.0 Å². The average Bonchev–Trinajstić information content (AvgIpc) is 2.28. The molecule has 7 nitrogen and oxygen atoms in total. The molecule has 1 heterocycles. The van der Waals surface area contributed by atoms with Crippen molar-refractivity contribution in [1.29, 1.82) is 0 Å². The van der Waals surface area contributed by atoms with Crippen molar-refractivity contribution in [1.82, 2.24) is 4.31 Å². The van der Waals surface area contributed by atoms with Crippen molar-refractivity contribution >= 4 is 21.9 Å². The second-order valence-electron chi connectivity index (χ2n) is 4.41. The highest BCUT2D eigenvalue weighted by molar-refractivity contribution is 7.89. The monoisotopic (exact) mass is 278 g/mol. The normalized spacial score (nSPS) is 21.7. The second-order valence-corrected chi connectivity index (χ2v) is 6.50. The lowest BCUT2D eigenvalue weighted by Gasteiger charge is -2.30. The number of nitrogens with zero attached hydrogens (tertiary/aromatic N) is 1. The molecular weight excluding hydrogens is 260 g/mol. The maximum absolute atomic E-state index is 11.9. The highest BCUT2D eigenvalue weighted by Gasteiger charge is 2.30. The Hall–Kier alpha value is -1.15. The topological polar surface area (TPSA) is 118 Å². The minimum atomic E-state index is -3.48. The van der Waals surface area contributed by atoms with Crippen LogP contribution in [0.4, 0.5) is 0 Å². The molecule has 3 N–H and O–H groups in total. The Morgan fingerprint density at radius 1 is 1.39 bits per heavy atom. The molecule has 1 atom stereocenters. The summed E-state index contributed by atoms with van der Waals surface area (Å²) in [6.07, 6.45) is 1.12. The van der Waals surface area contributed by atoms with Crippen LogP contribution >= 0.6 is 0 Å². The molecule has 0 aliphatic carbocycles. The van der Waals surface area contributed by atoms with E-state index in [1.54, 1.807) is 0 Å². The summed E-state index contributed by atoms with van der Waals surface area (Å²) in [4.78, 5) is 21.4. The van der Waals surface area contributed by atoms with Gasteiger partial charge in [0.05, 0.1) is 11.7 Å². The van der Waals surface area contributed by atoms with Crippen molar-refractivity contribution in [3.05, 3.63) is 0 Å². The molecule has 0 spiro atoms. The molecule has 1 fully saturated rings. The van der Waals surface area contributed by atoms with E-state index in [2.05, 4.69) is 0 Å². The number of carboxylic acids is 1. The highest BCUT2D eigenvalue weighted by atomic mass is 32.2. The summed E-state index contributed by atoms with van der Waals surface area (Å²) in [6.45, 7) is 0.490. The number of sulfonamides is 1. The number of aliphatic carboxylic acids is 1. The second kappa shape index (κ2) is 6.14. The molecule has 1 rings (SSSR count). The summed E-state index contributed by atoms with van der Waals surface area (Å²) in [5.74, 6) is -2.14. The lowest BCUT2D eigenvalue weighted by molar-refractivity contribution is -0.137. The van der Waals surface area contributed by atoms with E-state index >= 15 is 0 Å². The van der Waals surface area contributed by atoms with Crippen molar-refractivity contribution in [2.75, 3.05) is 18.8 Å². The molecular formula is C10H18N2O5S. The number of hydrogen-bond donors (Lipinski definition) is 2. The number of nitrogens with two attached hydrogens (primary N) is 1. The molecule has 18 heavy (non-hydrogen) atoms. The van der Waals surface area contributed by atoms with Gasteiger partial charge in [-0.25, -0.2) is 12.7 Å². The molecule has 0 saturated carbocycles. The zero-order valence-electron chi connectivity index (χ0n) is 10.0. The minimum Gasteiger partial charge on any atom is -0.481 e. The molecule has 0 aromatic rings. The molecule has 8 heteroatoms. The smallest absolute Gasteiger partial charge is 0.303 e. The highest BCUT2D eigenvalue weighted by Crippen LogP contribution is 2.19. The first-order valence-corrected chi connectivity index (χ1v) is 7.43. The van der Waals surface area contributed by atoms with Crippen LogP contribution < -0.4 is 5.73 Å². The fourth-order valence-electron chi connectivity index (χ4n) is 1.96. The third kappa shape index (κ3) is 4.26. The van der Waals surface area contributed by atoms with Gasteiger partial charge in [-0.05, 0) is 19.3 Å². The first kappa shape index (κ1) is 14.9. The lowest BCUT2D eigenvalue weighted by atomic mass is 9.99. The first-order valence-electron chi connectivity index (χ1n) is 5.82. The number of primary amides is 1. The molecule has 104 valence electrons. The predicted octanol–water partition coefficient (Wildman–Crippen LogP) is -0.622. The van der Waals surface area contributed by atoms with E-state index in [0.29, 0.717) is 19.4 Å². The van der Waals surface area contributed by atoms with Crippen LogP contribution in [-0.4, -0.2) is 48.5 Å². The Labute approximate surface area is 106 Å². The van der Waals surface area contributed by atoms with Crippen LogP contribution in [0.15, 0.2) is 0 Å². The van der Waals surface area contributed by atoms with Crippen molar-refractivity contribution in [2.24, 2.45) is 11.7 Å². The van der Waals surface area contributed by atoms with Crippen LogP contribution in [0.3, 0.4) is 0 Å². The molecule has 0 bridgehead atoms. The van der Waals surface area contributed by atoms with Gasteiger partial charge in [0.2, 0.25) is 15.9 Å². The lowest BCUT2D eigenvalue weighted by Crippen LogP contribution is -2.44. The molecule has 0 radical (unpaired) electrons. The summed E-state index contributed by atoms with van der Waals surface area (Å²) < 4.78 is 25.1. The van der Waals surface area contributed by atoms with Gasteiger partial charge >= 0.3 is 5.97 Å². The Morgan fingerprint density at radius 3 is 2.61 bits per heavy atom. The fraction of sp³-hybridized carbons (Fsp3) is 0.800. The van der Waals surface area contributed by atoms with Crippen LogP contribution in [0.1, 0.15) is 25.7 Å². The SMILES string of the molecule is NC(=O)C1CCCN(S(=O)(=O)CCCC(=O)O)C1. The molecule has 1 aliphatic heterocycles. The van der Waals surface area contributed by atoms with Crippen LogP contribution in [0.2, 0.25) is 0 Å². The molecule has 0 aromatic carbocycles. The van der Waals surface area contributed by atoms with Gasteiger partial charge < -0.3 is 10.8 Å².